The van der Waals surface area contributed by atoms with E-state index >= 15 is 0 Å². The molecule has 1 aromatic rings. The summed E-state index contributed by atoms with van der Waals surface area (Å²) in [5, 5.41) is 9.19. The first-order valence-electron chi connectivity index (χ1n) is 5.99. The predicted octanol–water partition coefficient (Wildman–Crippen LogP) is 2.09. The Morgan fingerprint density at radius 3 is 2.65 bits per heavy atom. The highest BCUT2D eigenvalue weighted by atomic mass is 16.5. The normalized spacial score (nSPS) is 16.1. The third-order valence-electron chi connectivity index (χ3n) is 3.23. The van der Waals surface area contributed by atoms with Gasteiger partial charge >= 0.3 is 0 Å². The minimum atomic E-state index is -0.0865. The number of hydrogen-bond acceptors (Lipinski definition) is 4. The molecule has 0 spiro atoms. The molecule has 2 rings (SSSR count). The quantitative estimate of drug-likeness (QED) is 0.787. The van der Waals surface area contributed by atoms with E-state index in [0.29, 0.717) is 22.7 Å². The topological polar surface area (TPSA) is 64.7 Å². The summed E-state index contributed by atoms with van der Waals surface area (Å²) in [5.41, 5.74) is 7.15. The molecular formula is C13H19NO3. The number of aliphatic hydroxyl groups excluding tert-OH is 1. The van der Waals surface area contributed by atoms with Gasteiger partial charge < -0.3 is 20.3 Å². The van der Waals surface area contributed by atoms with Crippen molar-refractivity contribution in [3.63, 3.8) is 0 Å². The van der Waals surface area contributed by atoms with Crippen LogP contribution in [-0.4, -0.2) is 18.3 Å². The average Bonchev–Trinajstić information content (AvgIpc) is 2.84. The molecule has 94 valence electrons. The Hall–Kier alpha value is -1.42. The number of aliphatic hydroxyl groups is 1. The SMILES string of the molecule is COc1ccc(CO)c(N)c1OC1CCCC1. The number of ether oxygens (including phenoxy) is 2. The fraction of sp³-hybridized carbons (Fsp3) is 0.538. The molecule has 0 atom stereocenters. The smallest absolute Gasteiger partial charge is 0.184 e. The van der Waals surface area contributed by atoms with Crippen LogP contribution < -0.4 is 15.2 Å². The van der Waals surface area contributed by atoms with Crippen LogP contribution in [0.5, 0.6) is 11.5 Å². The molecule has 1 fully saturated rings. The van der Waals surface area contributed by atoms with Crippen LogP contribution in [0.3, 0.4) is 0 Å². The predicted molar refractivity (Wildman–Crippen MR) is 66.2 cm³/mol. The van der Waals surface area contributed by atoms with Crippen LogP contribution >= 0.6 is 0 Å². The van der Waals surface area contributed by atoms with Crippen molar-refractivity contribution in [3.05, 3.63) is 17.7 Å². The van der Waals surface area contributed by atoms with Crippen molar-refractivity contribution in [2.24, 2.45) is 0 Å². The number of rotatable bonds is 4. The van der Waals surface area contributed by atoms with Crippen molar-refractivity contribution in [2.75, 3.05) is 12.8 Å². The molecule has 0 unspecified atom stereocenters. The molecule has 1 aliphatic rings. The lowest BCUT2D eigenvalue weighted by Crippen LogP contribution is -2.13. The molecule has 4 nitrogen and oxygen atoms in total. The highest BCUT2D eigenvalue weighted by Gasteiger charge is 2.21. The van der Waals surface area contributed by atoms with E-state index in [9.17, 15) is 5.11 Å². The lowest BCUT2D eigenvalue weighted by Gasteiger charge is -2.19. The van der Waals surface area contributed by atoms with E-state index in [2.05, 4.69) is 0 Å². The molecule has 0 heterocycles. The molecule has 17 heavy (non-hydrogen) atoms. The fourth-order valence-corrected chi connectivity index (χ4v) is 2.21. The van der Waals surface area contributed by atoms with Gasteiger partial charge in [0.2, 0.25) is 0 Å². The summed E-state index contributed by atoms with van der Waals surface area (Å²) in [5.74, 6) is 1.21. The maximum atomic E-state index is 9.19. The summed E-state index contributed by atoms with van der Waals surface area (Å²) in [4.78, 5) is 0. The summed E-state index contributed by atoms with van der Waals surface area (Å²) in [6, 6.07) is 3.54. The lowest BCUT2D eigenvalue weighted by atomic mass is 10.1. The van der Waals surface area contributed by atoms with E-state index in [-0.39, 0.29) is 12.7 Å². The van der Waals surface area contributed by atoms with Gasteiger partial charge in [-0.1, -0.05) is 6.07 Å². The molecule has 1 aromatic carbocycles. The first-order valence-corrected chi connectivity index (χ1v) is 5.99. The number of benzene rings is 1. The van der Waals surface area contributed by atoms with E-state index in [1.54, 1.807) is 19.2 Å². The second kappa shape index (κ2) is 5.27. The van der Waals surface area contributed by atoms with Gasteiger partial charge in [0, 0.05) is 5.56 Å². The van der Waals surface area contributed by atoms with E-state index < -0.39 is 0 Å². The van der Waals surface area contributed by atoms with Gasteiger partial charge in [-0.3, -0.25) is 0 Å². The highest BCUT2D eigenvalue weighted by Crippen LogP contribution is 2.38. The molecule has 1 aliphatic carbocycles. The van der Waals surface area contributed by atoms with Crippen molar-refractivity contribution in [1.82, 2.24) is 0 Å². The number of hydrogen-bond donors (Lipinski definition) is 2. The molecule has 0 radical (unpaired) electrons. The minimum Gasteiger partial charge on any atom is -0.493 e. The second-order valence-electron chi connectivity index (χ2n) is 4.35. The van der Waals surface area contributed by atoms with Gasteiger partial charge in [0.15, 0.2) is 11.5 Å². The Balaban J connectivity index is 2.27. The van der Waals surface area contributed by atoms with E-state index in [0.717, 1.165) is 12.8 Å². The Bertz CT molecular complexity index is 386. The van der Waals surface area contributed by atoms with Gasteiger partial charge in [0.05, 0.1) is 25.5 Å². The van der Waals surface area contributed by atoms with Crippen LogP contribution in [0.15, 0.2) is 12.1 Å². The van der Waals surface area contributed by atoms with Gasteiger partial charge in [-0.25, -0.2) is 0 Å². The van der Waals surface area contributed by atoms with Gasteiger partial charge in [0.25, 0.3) is 0 Å². The number of methoxy groups -OCH3 is 1. The van der Waals surface area contributed by atoms with Crippen molar-refractivity contribution in [1.29, 1.82) is 0 Å². The Kier molecular flexibility index (Phi) is 3.74. The second-order valence-corrected chi connectivity index (χ2v) is 4.35. The van der Waals surface area contributed by atoms with Crippen molar-refractivity contribution < 1.29 is 14.6 Å². The summed E-state index contributed by atoms with van der Waals surface area (Å²) >= 11 is 0. The van der Waals surface area contributed by atoms with Crippen molar-refractivity contribution in [3.8, 4) is 11.5 Å². The third kappa shape index (κ3) is 2.47. The molecular weight excluding hydrogens is 218 g/mol. The largest absolute Gasteiger partial charge is 0.493 e. The molecule has 0 aliphatic heterocycles. The van der Waals surface area contributed by atoms with Crippen LogP contribution in [0.4, 0.5) is 5.69 Å². The zero-order valence-electron chi connectivity index (χ0n) is 10.1. The van der Waals surface area contributed by atoms with Gasteiger partial charge in [-0.15, -0.1) is 0 Å². The Morgan fingerprint density at radius 1 is 1.35 bits per heavy atom. The van der Waals surface area contributed by atoms with E-state index in [1.807, 2.05) is 0 Å². The summed E-state index contributed by atoms with van der Waals surface area (Å²) in [7, 11) is 1.59. The lowest BCUT2D eigenvalue weighted by molar-refractivity contribution is 0.201. The van der Waals surface area contributed by atoms with Crippen LogP contribution in [0.2, 0.25) is 0 Å². The zero-order valence-corrected chi connectivity index (χ0v) is 10.1. The van der Waals surface area contributed by atoms with Crippen molar-refractivity contribution in [2.45, 2.75) is 38.4 Å². The zero-order chi connectivity index (χ0) is 12.3. The highest BCUT2D eigenvalue weighted by molar-refractivity contribution is 5.65. The summed E-state index contributed by atoms with van der Waals surface area (Å²) in [6.45, 7) is -0.0865. The molecule has 0 saturated heterocycles. The average molecular weight is 237 g/mol. The summed E-state index contributed by atoms with van der Waals surface area (Å²) in [6.07, 6.45) is 4.75. The standard InChI is InChI=1S/C13H19NO3/c1-16-11-7-6-9(8-15)12(14)13(11)17-10-4-2-3-5-10/h6-7,10,15H,2-5,8,14H2,1H3. The van der Waals surface area contributed by atoms with Crippen LogP contribution in [0.1, 0.15) is 31.2 Å². The Labute approximate surface area is 101 Å². The molecule has 0 aromatic heterocycles. The minimum absolute atomic E-state index is 0.0865. The Morgan fingerprint density at radius 2 is 2.06 bits per heavy atom. The fourth-order valence-electron chi connectivity index (χ4n) is 2.21. The van der Waals surface area contributed by atoms with Crippen LogP contribution in [0.25, 0.3) is 0 Å². The summed E-state index contributed by atoms with van der Waals surface area (Å²) < 4.78 is 11.2. The molecule has 0 bridgehead atoms. The number of nitrogen functional groups attached to an aromatic ring is 1. The third-order valence-corrected chi connectivity index (χ3v) is 3.23. The van der Waals surface area contributed by atoms with Gasteiger partial charge in [-0.2, -0.15) is 0 Å². The van der Waals surface area contributed by atoms with Crippen LogP contribution in [-0.2, 0) is 6.61 Å². The molecule has 3 N–H and O–H groups in total. The van der Waals surface area contributed by atoms with Gasteiger partial charge in [-0.05, 0) is 31.7 Å². The molecule has 1 saturated carbocycles. The number of anilines is 1. The van der Waals surface area contributed by atoms with Gasteiger partial charge in [0.1, 0.15) is 0 Å². The first kappa shape index (κ1) is 12.0. The van der Waals surface area contributed by atoms with Crippen molar-refractivity contribution >= 4 is 5.69 Å². The maximum Gasteiger partial charge on any atom is 0.184 e. The molecule has 0 amide bonds. The number of nitrogens with two attached hydrogens (primary N) is 1. The first-order chi connectivity index (χ1) is 8.26. The maximum absolute atomic E-state index is 9.19. The van der Waals surface area contributed by atoms with Crippen LogP contribution in [0, 0.1) is 0 Å². The monoisotopic (exact) mass is 237 g/mol. The molecule has 4 heteroatoms. The van der Waals surface area contributed by atoms with E-state index in [4.69, 9.17) is 15.2 Å². The van der Waals surface area contributed by atoms with E-state index in [1.165, 1.54) is 12.8 Å².